The van der Waals surface area contributed by atoms with E-state index in [0.717, 1.165) is 25.0 Å². The van der Waals surface area contributed by atoms with E-state index in [1.807, 2.05) is 6.26 Å². The molecule has 1 saturated carbocycles. The molecule has 0 radical (unpaired) electrons. The monoisotopic (exact) mass is 248 g/mol. The van der Waals surface area contributed by atoms with Gasteiger partial charge in [-0.3, -0.25) is 0 Å². The van der Waals surface area contributed by atoms with Crippen LogP contribution in [0.5, 0.6) is 0 Å². The van der Waals surface area contributed by atoms with Crippen molar-refractivity contribution in [3.63, 3.8) is 0 Å². The second-order valence-corrected chi connectivity index (χ2v) is 6.08. The molecule has 2 heterocycles. The fraction of sp³-hybridized carbons (Fsp3) is 0.733. The lowest BCUT2D eigenvalue weighted by Crippen LogP contribution is -2.39. The summed E-state index contributed by atoms with van der Waals surface area (Å²) >= 11 is 0. The van der Waals surface area contributed by atoms with Gasteiger partial charge in [0.05, 0.1) is 12.5 Å². The van der Waals surface area contributed by atoms with Crippen LogP contribution in [0.15, 0.2) is 23.0 Å². The highest BCUT2D eigenvalue weighted by Crippen LogP contribution is 2.33. The lowest BCUT2D eigenvalue weighted by molar-refractivity contribution is 0.288. The normalized spacial score (nSPS) is 31.8. The quantitative estimate of drug-likeness (QED) is 0.888. The van der Waals surface area contributed by atoms with E-state index in [0.29, 0.717) is 6.04 Å². The molecule has 100 valence electrons. The summed E-state index contributed by atoms with van der Waals surface area (Å²) in [5, 5.41) is 3.84. The third-order valence-electron chi connectivity index (χ3n) is 4.51. The fourth-order valence-corrected chi connectivity index (χ4v) is 3.71. The second-order valence-electron chi connectivity index (χ2n) is 6.08. The van der Waals surface area contributed by atoms with Crippen molar-refractivity contribution in [3.05, 3.63) is 24.2 Å². The number of likely N-dealkylation sites (N-methyl/N-ethyl adjacent to an activating group) is 1. The molecule has 0 spiro atoms. The molecule has 0 amide bonds. The van der Waals surface area contributed by atoms with E-state index in [2.05, 4.69) is 23.3 Å². The number of hydrogen-bond donors (Lipinski definition) is 1. The summed E-state index contributed by atoms with van der Waals surface area (Å²) in [5.41, 5.74) is 1.27. The van der Waals surface area contributed by atoms with E-state index >= 15 is 0 Å². The van der Waals surface area contributed by atoms with Gasteiger partial charge >= 0.3 is 0 Å². The van der Waals surface area contributed by atoms with Crippen molar-refractivity contribution >= 4 is 0 Å². The molecule has 1 aliphatic heterocycles. The van der Waals surface area contributed by atoms with Gasteiger partial charge in [0.25, 0.3) is 0 Å². The van der Waals surface area contributed by atoms with Crippen LogP contribution in [0, 0.1) is 5.92 Å². The van der Waals surface area contributed by atoms with E-state index in [1.54, 1.807) is 6.26 Å². The number of nitrogens with one attached hydrogen (secondary N) is 1. The first kappa shape index (κ1) is 12.2. The number of hydrogen-bond acceptors (Lipinski definition) is 3. The van der Waals surface area contributed by atoms with Gasteiger partial charge in [0.2, 0.25) is 0 Å². The number of furan rings is 1. The highest BCUT2D eigenvalue weighted by Gasteiger charge is 2.35. The van der Waals surface area contributed by atoms with Crippen molar-refractivity contribution in [2.45, 2.75) is 50.7 Å². The largest absolute Gasteiger partial charge is 0.472 e. The molecule has 3 nitrogen and oxygen atoms in total. The minimum atomic E-state index is 0.690. The van der Waals surface area contributed by atoms with E-state index in [4.69, 9.17) is 4.42 Å². The summed E-state index contributed by atoms with van der Waals surface area (Å²) < 4.78 is 5.12. The molecule has 1 saturated heterocycles. The number of rotatable bonds is 4. The van der Waals surface area contributed by atoms with Crippen LogP contribution in [-0.4, -0.2) is 30.6 Å². The van der Waals surface area contributed by atoms with Gasteiger partial charge in [-0.1, -0.05) is 12.8 Å². The molecule has 1 aromatic rings. The van der Waals surface area contributed by atoms with Crippen molar-refractivity contribution in [2.75, 3.05) is 13.6 Å². The van der Waals surface area contributed by atoms with Gasteiger partial charge in [-0.15, -0.1) is 0 Å². The van der Waals surface area contributed by atoms with E-state index in [-0.39, 0.29) is 0 Å². The first-order chi connectivity index (χ1) is 8.81. The number of nitrogens with zero attached hydrogens (tertiary/aromatic N) is 1. The maximum Gasteiger partial charge on any atom is 0.0947 e. The van der Waals surface area contributed by atoms with Crippen LogP contribution in [0.4, 0.5) is 0 Å². The zero-order valence-corrected chi connectivity index (χ0v) is 11.3. The average Bonchev–Trinajstić information content (AvgIpc) is 2.96. The van der Waals surface area contributed by atoms with Gasteiger partial charge in [0, 0.05) is 30.7 Å². The summed E-state index contributed by atoms with van der Waals surface area (Å²) in [6.45, 7) is 2.14. The molecule has 2 fully saturated rings. The zero-order chi connectivity index (χ0) is 12.4. The molecule has 3 rings (SSSR count). The Balaban J connectivity index is 1.48. The molecule has 18 heavy (non-hydrogen) atoms. The van der Waals surface area contributed by atoms with Crippen molar-refractivity contribution in [1.29, 1.82) is 0 Å². The SMILES string of the molecule is CN(Cc1ccoc1)CC1CC2CCCCC2N1. The smallest absolute Gasteiger partial charge is 0.0947 e. The highest BCUT2D eigenvalue weighted by molar-refractivity contribution is 5.05. The summed E-state index contributed by atoms with van der Waals surface area (Å²) in [7, 11) is 2.21. The van der Waals surface area contributed by atoms with Gasteiger partial charge in [0.15, 0.2) is 0 Å². The van der Waals surface area contributed by atoms with Crippen LogP contribution in [-0.2, 0) is 6.54 Å². The van der Waals surface area contributed by atoms with Gasteiger partial charge in [0.1, 0.15) is 0 Å². The molecular formula is C15H24N2O. The second kappa shape index (κ2) is 5.45. The molecule has 1 aliphatic carbocycles. The maximum absolute atomic E-state index is 5.12. The third-order valence-corrected chi connectivity index (χ3v) is 4.51. The molecule has 2 aliphatic rings. The van der Waals surface area contributed by atoms with E-state index < -0.39 is 0 Å². The Hall–Kier alpha value is -0.800. The van der Waals surface area contributed by atoms with Crippen LogP contribution in [0.1, 0.15) is 37.7 Å². The first-order valence-electron chi connectivity index (χ1n) is 7.27. The van der Waals surface area contributed by atoms with Crippen LogP contribution in [0.25, 0.3) is 0 Å². The predicted molar refractivity (Wildman–Crippen MR) is 72.3 cm³/mol. The summed E-state index contributed by atoms with van der Waals surface area (Å²) in [6.07, 6.45) is 10.7. The van der Waals surface area contributed by atoms with Gasteiger partial charge in [-0.05, 0) is 38.3 Å². The Labute approximate surface area is 110 Å². The number of fused-ring (bicyclic) bond motifs is 1. The standard InChI is InChI=1S/C15H24N2O/c1-17(9-12-6-7-18-11-12)10-14-8-13-4-2-3-5-15(13)16-14/h6-7,11,13-16H,2-5,8-10H2,1H3. The molecule has 1 N–H and O–H groups in total. The summed E-state index contributed by atoms with van der Waals surface area (Å²) in [6, 6.07) is 3.55. The third kappa shape index (κ3) is 2.78. The minimum Gasteiger partial charge on any atom is -0.472 e. The fourth-order valence-electron chi connectivity index (χ4n) is 3.71. The van der Waals surface area contributed by atoms with Crippen molar-refractivity contribution in [1.82, 2.24) is 10.2 Å². The van der Waals surface area contributed by atoms with Gasteiger partial charge in [-0.2, -0.15) is 0 Å². The van der Waals surface area contributed by atoms with Gasteiger partial charge < -0.3 is 14.6 Å². The molecule has 3 atom stereocenters. The van der Waals surface area contributed by atoms with Gasteiger partial charge in [-0.25, -0.2) is 0 Å². The van der Waals surface area contributed by atoms with E-state index in [9.17, 15) is 0 Å². The average molecular weight is 248 g/mol. The van der Waals surface area contributed by atoms with Crippen LogP contribution in [0.2, 0.25) is 0 Å². The van der Waals surface area contributed by atoms with Crippen LogP contribution in [0.3, 0.4) is 0 Å². The molecule has 3 heteroatoms. The Morgan fingerprint density at radius 2 is 2.28 bits per heavy atom. The minimum absolute atomic E-state index is 0.690. The van der Waals surface area contributed by atoms with Crippen LogP contribution < -0.4 is 5.32 Å². The Kier molecular flexibility index (Phi) is 3.71. The lowest BCUT2D eigenvalue weighted by Gasteiger charge is -2.24. The molecular weight excluding hydrogens is 224 g/mol. The van der Waals surface area contributed by atoms with Crippen LogP contribution >= 0.6 is 0 Å². The lowest BCUT2D eigenvalue weighted by atomic mass is 9.85. The molecule has 3 unspecified atom stereocenters. The van der Waals surface area contributed by atoms with Crippen molar-refractivity contribution in [2.24, 2.45) is 5.92 Å². The van der Waals surface area contributed by atoms with Crippen molar-refractivity contribution < 1.29 is 4.42 Å². The Bertz CT molecular complexity index is 349. The maximum atomic E-state index is 5.12. The zero-order valence-electron chi connectivity index (χ0n) is 11.3. The summed E-state index contributed by atoms with van der Waals surface area (Å²) in [4.78, 5) is 2.40. The highest BCUT2D eigenvalue weighted by atomic mass is 16.3. The molecule has 0 aromatic carbocycles. The topological polar surface area (TPSA) is 28.4 Å². The Morgan fingerprint density at radius 3 is 3.06 bits per heavy atom. The molecule has 1 aromatic heterocycles. The van der Waals surface area contributed by atoms with Crippen molar-refractivity contribution in [3.8, 4) is 0 Å². The van der Waals surface area contributed by atoms with E-state index in [1.165, 1.54) is 37.7 Å². The summed E-state index contributed by atoms with van der Waals surface area (Å²) in [5.74, 6) is 0.950. The molecule has 0 bridgehead atoms. The predicted octanol–water partition coefficient (Wildman–Crippen LogP) is 2.63. The first-order valence-corrected chi connectivity index (χ1v) is 7.27. The Morgan fingerprint density at radius 1 is 1.39 bits per heavy atom.